The van der Waals surface area contributed by atoms with E-state index in [0.29, 0.717) is 12.1 Å². The second-order valence-electron chi connectivity index (χ2n) is 7.79. The Morgan fingerprint density at radius 1 is 1.19 bits per heavy atom. The first-order chi connectivity index (χ1) is 9.97. The minimum absolute atomic E-state index is 0.274. The molecule has 1 aromatic carbocycles. The topological polar surface area (TPSA) is 12.0 Å². The van der Waals surface area contributed by atoms with Gasteiger partial charge in [0, 0.05) is 17.1 Å². The lowest BCUT2D eigenvalue weighted by Gasteiger charge is -2.36. The van der Waals surface area contributed by atoms with Crippen molar-refractivity contribution >= 4 is 11.6 Å². The lowest BCUT2D eigenvalue weighted by molar-refractivity contribution is 0.203. The third-order valence-electron chi connectivity index (χ3n) is 5.63. The van der Waals surface area contributed by atoms with E-state index in [0.717, 1.165) is 17.4 Å². The highest BCUT2D eigenvalue weighted by atomic mass is 35.5. The summed E-state index contributed by atoms with van der Waals surface area (Å²) >= 11 is 6.24. The van der Waals surface area contributed by atoms with E-state index in [2.05, 4.69) is 38.2 Å². The predicted molar refractivity (Wildman–Crippen MR) is 90.9 cm³/mol. The first-order valence-electron chi connectivity index (χ1n) is 8.52. The van der Waals surface area contributed by atoms with E-state index in [1.54, 1.807) is 0 Å². The van der Waals surface area contributed by atoms with E-state index in [9.17, 15) is 0 Å². The highest BCUT2D eigenvalue weighted by Gasteiger charge is 2.40. The number of benzene rings is 1. The molecule has 1 saturated carbocycles. The van der Waals surface area contributed by atoms with Crippen molar-refractivity contribution in [3.05, 3.63) is 34.3 Å². The smallest absolute Gasteiger partial charge is 0.0409 e. The number of hydrogen-bond acceptors (Lipinski definition) is 1. The third-order valence-corrected chi connectivity index (χ3v) is 5.87. The molecule has 1 N–H and O–H groups in total. The van der Waals surface area contributed by atoms with Crippen LogP contribution in [0.15, 0.2) is 18.2 Å². The summed E-state index contributed by atoms with van der Waals surface area (Å²) in [4.78, 5) is 0. The zero-order valence-corrected chi connectivity index (χ0v) is 14.3. The van der Waals surface area contributed by atoms with Crippen LogP contribution in [0.2, 0.25) is 5.02 Å². The van der Waals surface area contributed by atoms with Crippen molar-refractivity contribution in [1.82, 2.24) is 5.32 Å². The molecule has 0 aromatic heterocycles. The average Bonchev–Trinajstić information content (AvgIpc) is 2.71. The van der Waals surface area contributed by atoms with Crippen LogP contribution in [0, 0.1) is 11.3 Å². The van der Waals surface area contributed by atoms with E-state index in [1.165, 1.54) is 43.2 Å². The molecule has 0 bridgehead atoms. The number of nitrogens with one attached hydrogen (secondary N) is 1. The van der Waals surface area contributed by atoms with Crippen LogP contribution in [0.5, 0.6) is 0 Å². The lowest BCUT2D eigenvalue weighted by Crippen LogP contribution is -2.41. The minimum Gasteiger partial charge on any atom is -0.307 e. The van der Waals surface area contributed by atoms with E-state index >= 15 is 0 Å². The molecule has 2 atom stereocenters. The molecule has 0 aliphatic heterocycles. The van der Waals surface area contributed by atoms with Crippen LogP contribution in [0.4, 0.5) is 0 Å². The van der Waals surface area contributed by atoms with Gasteiger partial charge in [-0.3, -0.25) is 0 Å². The standard InChI is InChI=1S/C19H28ClN/c1-13(14-7-5-4-6-8-14)21-18-17-11-16(20)10-9-15(17)12-19(18,2)3/h9-11,13-14,18,21H,4-8,12H2,1-3H3/t13-,18?/m1/s1. The van der Waals surface area contributed by atoms with Gasteiger partial charge < -0.3 is 5.32 Å². The Labute approximate surface area is 134 Å². The summed E-state index contributed by atoms with van der Waals surface area (Å²) < 4.78 is 0. The summed E-state index contributed by atoms with van der Waals surface area (Å²) in [5.41, 5.74) is 3.17. The van der Waals surface area contributed by atoms with Crippen LogP contribution in [0.25, 0.3) is 0 Å². The number of halogens is 1. The first kappa shape index (κ1) is 15.4. The molecule has 1 fully saturated rings. The molecule has 116 valence electrons. The van der Waals surface area contributed by atoms with E-state index in [1.807, 2.05) is 6.07 Å². The predicted octanol–water partition coefficient (Wildman–Crippen LogP) is 5.52. The Bertz CT molecular complexity index is 502. The van der Waals surface area contributed by atoms with Gasteiger partial charge in [0.1, 0.15) is 0 Å². The van der Waals surface area contributed by atoms with Crippen LogP contribution in [0.1, 0.15) is 70.0 Å². The van der Waals surface area contributed by atoms with Crippen molar-refractivity contribution in [2.75, 3.05) is 0 Å². The molecule has 3 rings (SSSR count). The maximum atomic E-state index is 6.24. The van der Waals surface area contributed by atoms with Gasteiger partial charge in [-0.05, 0) is 60.8 Å². The molecule has 0 saturated heterocycles. The molecule has 1 nitrogen and oxygen atoms in total. The molecule has 0 heterocycles. The molecule has 0 radical (unpaired) electrons. The molecule has 1 unspecified atom stereocenters. The van der Waals surface area contributed by atoms with Crippen LogP contribution in [-0.4, -0.2) is 6.04 Å². The van der Waals surface area contributed by atoms with Gasteiger partial charge in [-0.15, -0.1) is 0 Å². The summed E-state index contributed by atoms with van der Waals surface area (Å²) in [6.07, 6.45) is 8.18. The quantitative estimate of drug-likeness (QED) is 0.775. The van der Waals surface area contributed by atoms with Gasteiger partial charge in [0.25, 0.3) is 0 Å². The van der Waals surface area contributed by atoms with Gasteiger partial charge in [-0.1, -0.05) is 50.8 Å². The monoisotopic (exact) mass is 305 g/mol. The molecular formula is C19H28ClN. The summed E-state index contributed by atoms with van der Waals surface area (Å²) in [5, 5.41) is 4.83. The van der Waals surface area contributed by atoms with E-state index in [-0.39, 0.29) is 5.41 Å². The maximum Gasteiger partial charge on any atom is 0.0409 e. The highest BCUT2D eigenvalue weighted by Crippen LogP contribution is 2.46. The van der Waals surface area contributed by atoms with Gasteiger partial charge in [-0.2, -0.15) is 0 Å². The largest absolute Gasteiger partial charge is 0.307 e. The fraction of sp³-hybridized carbons (Fsp3) is 0.684. The molecule has 0 amide bonds. The van der Waals surface area contributed by atoms with Crippen LogP contribution in [0.3, 0.4) is 0 Å². The second kappa shape index (κ2) is 5.93. The van der Waals surface area contributed by atoms with Gasteiger partial charge in [0.05, 0.1) is 0 Å². The second-order valence-corrected chi connectivity index (χ2v) is 8.23. The molecule has 2 aliphatic carbocycles. The van der Waals surface area contributed by atoms with Crippen molar-refractivity contribution in [2.45, 2.75) is 71.4 Å². The Kier molecular flexibility index (Phi) is 4.34. The Hall–Kier alpha value is -0.530. The number of fused-ring (bicyclic) bond motifs is 1. The van der Waals surface area contributed by atoms with Crippen molar-refractivity contribution in [3.63, 3.8) is 0 Å². The molecule has 21 heavy (non-hydrogen) atoms. The molecule has 1 aromatic rings. The normalized spacial score (nSPS) is 26.6. The average molecular weight is 306 g/mol. The first-order valence-corrected chi connectivity index (χ1v) is 8.89. The Morgan fingerprint density at radius 3 is 2.62 bits per heavy atom. The number of rotatable bonds is 3. The van der Waals surface area contributed by atoms with Crippen LogP contribution in [-0.2, 0) is 6.42 Å². The maximum absolute atomic E-state index is 6.24. The fourth-order valence-electron chi connectivity index (χ4n) is 4.36. The summed E-state index contributed by atoms with van der Waals surface area (Å²) in [5.74, 6) is 0.845. The molecule has 2 heteroatoms. The highest BCUT2D eigenvalue weighted by molar-refractivity contribution is 6.30. The molecular weight excluding hydrogens is 278 g/mol. The fourth-order valence-corrected chi connectivity index (χ4v) is 4.54. The molecule has 2 aliphatic rings. The van der Waals surface area contributed by atoms with Crippen LogP contribution >= 0.6 is 11.6 Å². The van der Waals surface area contributed by atoms with Crippen molar-refractivity contribution in [3.8, 4) is 0 Å². The third kappa shape index (κ3) is 3.14. The summed E-state index contributed by atoms with van der Waals surface area (Å²) in [6, 6.07) is 7.45. The Morgan fingerprint density at radius 2 is 1.90 bits per heavy atom. The SMILES string of the molecule is C[C@@H](NC1c2cc(Cl)ccc2CC1(C)C)C1CCCCC1. The van der Waals surface area contributed by atoms with Gasteiger partial charge >= 0.3 is 0 Å². The minimum atomic E-state index is 0.274. The van der Waals surface area contributed by atoms with Crippen LogP contribution < -0.4 is 5.32 Å². The van der Waals surface area contributed by atoms with E-state index < -0.39 is 0 Å². The summed E-state index contributed by atoms with van der Waals surface area (Å²) in [7, 11) is 0. The summed E-state index contributed by atoms with van der Waals surface area (Å²) in [6.45, 7) is 7.15. The van der Waals surface area contributed by atoms with Gasteiger partial charge in [0.15, 0.2) is 0 Å². The Balaban J connectivity index is 1.78. The number of hydrogen-bond donors (Lipinski definition) is 1. The molecule has 0 spiro atoms. The van der Waals surface area contributed by atoms with Crippen molar-refractivity contribution < 1.29 is 0 Å². The zero-order chi connectivity index (χ0) is 15.0. The van der Waals surface area contributed by atoms with Crippen molar-refractivity contribution in [2.24, 2.45) is 11.3 Å². The van der Waals surface area contributed by atoms with Crippen molar-refractivity contribution in [1.29, 1.82) is 0 Å². The van der Waals surface area contributed by atoms with Gasteiger partial charge in [0.2, 0.25) is 0 Å². The van der Waals surface area contributed by atoms with E-state index in [4.69, 9.17) is 11.6 Å². The van der Waals surface area contributed by atoms with Gasteiger partial charge in [-0.25, -0.2) is 0 Å². The zero-order valence-electron chi connectivity index (χ0n) is 13.6. The lowest BCUT2D eigenvalue weighted by atomic mass is 9.81.